The van der Waals surface area contributed by atoms with Crippen LogP contribution in [0, 0.1) is 0 Å². The molecule has 0 aromatic heterocycles. The third-order valence-electron chi connectivity index (χ3n) is 6.45. The van der Waals surface area contributed by atoms with E-state index in [0.29, 0.717) is 0 Å². The summed E-state index contributed by atoms with van der Waals surface area (Å²) >= 11 is 0. The van der Waals surface area contributed by atoms with E-state index in [9.17, 15) is 0 Å². The highest BCUT2D eigenvalue weighted by molar-refractivity contribution is 5.88. The van der Waals surface area contributed by atoms with E-state index in [-0.39, 0.29) is 5.41 Å². The van der Waals surface area contributed by atoms with E-state index < -0.39 is 0 Å². The van der Waals surface area contributed by atoms with Gasteiger partial charge in [-0.15, -0.1) is 0 Å². The van der Waals surface area contributed by atoms with Crippen molar-refractivity contribution in [1.29, 1.82) is 0 Å². The van der Waals surface area contributed by atoms with Crippen LogP contribution in [0.2, 0.25) is 0 Å². The summed E-state index contributed by atoms with van der Waals surface area (Å²) in [6.07, 6.45) is 0. The molecule has 5 rings (SSSR count). The highest BCUT2D eigenvalue weighted by atomic mass is 15.1. The topological polar surface area (TPSA) is 3.24 Å². The second-order valence-corrected chi connectivity index (χ2v) is 9.93. The van der Waals surface area contributed by atoms with Gasteiger partial charge in [-0.25, -0.2) is 0 Å². The smallest absolute Gasteiger partial charge is 0.0540 e. The third-order valence-corrected chi connectivity index (χ3v) is 6.45. The molecule has 0 saturated heterocycles. The summed E-state index contributed by atoms with van der Waals surface area (Å²) in [5.74, 6) is 0. The van der Waals surface area contributed by atoms with E-state index >= 15 is 0 Å². The summed E-state index contributed by atoms with van der Waals surface area (Å²) in [6.45, 7) is 6.77. The van der Waals surface area contributed by atoms with E-state index in [0.717, 1.165) is 17.1 Å². The van der Waals surface area contributed by atoms with Gasteiger partial charge < -0.3 is 4.90 Å². The molecule has 0 unspecified atom stereocenters. The predicted molar refractivity (Wildman–Crippen MR) is 151 cm³/mol. The second kappa shape index (κ2) is 9.64. The van der Waals surface area contributed by atoms with Crippen molar-refractivity contribution in [2.75, 3.05) is 4.90 Å². The van der Waals surface area contributed by atoms with Gasteiger partial charge in [0.2, 0.25) is 0 Å². The molecular formula is C34H31N. The molecule has 5 aromatic carbocycles. The Morgan fingerprint density at radius 2 is 0.886 bits per heavy atom. The normalized spacial score (nSPS) is 11.3. The summed E-state index contributed by atoms with van der Waals surface area (Å²) in [5, 5.41) is 0. The van der Waals surface area contributed by atoms with Crippen LogP contribution >= 0.6 is 0 Å². The van der Waals surface area contributed by atoms with Crippen LogP contribution in [-0.4, -0.2) is 0 Å². The lowest BCUT2D eigenvalue weighted by molar-refractivity contribution is 0.590. The van der Waals surface area contributed by atoms with Gasteiger partial charge in [0, 0.05) is 16.9 Å². The monoisotopic (exact) mass is 453 g/mol. The SMILES string of the molecule is CC(C)(C)c1ccc(N(c2ccc(-c3ccccc3)cc2)c2ccccc2-c2ccccc2)cc1. The Hall–Kier alpha value is -4.10. The molecule has 0 aliphatic carbocycles. The van der Waals surface area contributed by atoms with E-state index in [4.69, 9.17) is 0 Å². The summed E-state index contributed by atoms with van der Waals surface area (Å²) < 4.78 is 0. The van der Waals surface area contributed by atoms with Gasteiger partial charge in [0.1, 0.15) is 0 Å². The highest BCUT2D eigenvalue weighted by Crippen LogP contribution is 2.41. The molecule has 0 bridgehead atoms. The lowest BCUT2D eigenvalue weighted by atomic mass is 9.87. The van der Waals surface area contributed by atoms with E-state index in [2.05, 4.69) is 159 Å². The van der Waals surface area contributed by atoms with E-state index in [1.54, 1.807) is 0 Å². The molecule has 1 nitrogen and oxygen atoms in total. The number of hydrogen-bond donors (Lipinski definition) is 0. The van der Waals surface area contributed by atoms with Crippen molar-refractivity contribution in [1.82, 2.24) is 0 Å². The van der Waals surface area contributed by atoms with Gasteiger partial charge in [-0.05, 0) is 58.0 Å². The molecular weight excluding hydrogens is 422 g/mol. The Morgan fingerprint density at radius 3 is 1.46 bits per heavy atom. The van der Waals surface area contributed by atoms with Crippen molar-refractivity contribution in [2.45, 2.75) is 26.2 Å². The summed E-state index contributed by atoms with van der Waals surface area (Å²) in [6, 6.07) is 47.7. The zero-order valence-corrected chi connectivity index (χ0v) is 20.6. The standard InChI is InChI=1S/C34H31N/c1-34(2,3)29-20-24-31(25-21-29)35(30-22-18-27(19-23-30)26-12-6-4-7-13-26)33-17-11-10-16-32(33)28-14-8-5-9-15-28/h4-25H,1-3H3. The molecule has 0 atom stereocenters. The van der Waals surface area contributed by atoms with Crippen LogP contribution in [0.5, 0.6) is 0 Å². The molecule has 0 fully saturated rings. The largest absolute Gasteiger partial charge is 0.310 e. The lowest BCUT2D eigenvalue weighted by Gasteiger charge is -2.29. The number of nitrogens with zero attached hydrogens (tertiary/aromatic N) is 1. The van der Waals surface area contributed by atoms with Gasteiger partial charge in [0.25, 0.3) is 0 Å². The molecule has 0 saturated carbocycles. The molecule has 35 heavy (non-hydrogen) atoms. The van der Waals surface area contributed by atoms with Gasteiger partial charge in [0.15, 0.2) is 0 Å². The summed E-state index contributed by atoms with van der Waals surface area (Å²) in [7, 11) is 0. The fourth-order valence-electron chi connectivity index (χ4n) is 4.50. The van der Waals surface area contributed by atoms with Crippen LogP contribution in [0.3, 0.4) is 0 Å². The number of anilines is 3. The molecule has 0 N–H and O–H groups in total. The molecule has 0 aliphatic rings. The average Bonchev–Trinajstić information content (AvgIpc) is 2.90. The zero-order chi connectivity index (χ0) is 24.3. The van der Waals surface area contributed by atoms with Crippen LogP contribution in [0.4, 0.5) is 17.1 Å². The maximum Gasteiger partial charge on any atom is 0.0540 e. The molecule has 172 valence electrons. The van der Waals surface area contributed by atoms with Gasteiger partial charge in [-0.2, -0.15) is 0 Å². The number of para-hydroxylation sites is 1. The predicted octanol–water partition coefficient (Wildman–Crippen LogP) is 9.79. The Morgan fingerprint density at radius 1 is 0.429 bits per heavy atom. The maximum atomic E-state index is 2.36. The van der Waals surface area contributed by atoms with Crippen molar-refractivity contribution >= 4 is 17.1 Å². The van der Waals surface area contributed by atoms with Crippen LogP contribution in [0.1, 0.15) is 26.3 Å². The van der Waals surface area contributed by atoms with Crippen LogP contribution in [0.25, 0.3) is 22.3 Å². The Bertz CT molecular complexity index is 1380. The van der Waals surface area contributed by atoms with Crippen molar-refractivity contribution in [3.05, 3.63) is 139 Å². The number of benzene rings is 5. The Balaban J connectivity index is 1.64. The fourth-order valence-corrected chi connectivity index (χ4v) is 4.50. The minimum atomic E-state index is 0.114. The van der Waals surface area contributed by atoms with Gasteiger partial charge in [-0.1, -0.05) is 124 Å². The molecule has 5 aromatic rings. The first-order chi connectivity index (χ1) is 17.0. The first-order valence-electron chi connectivity index (χ1n) is 12.2. The minimum Gasteiger partial charge on any atom is -0.310 e. The Kier molecular flexibility index (Phi) is 6.25. The van der Waals surface area contributed by atoms with Crippen LogP contribution in [-0.2, 0) is 5.41 Å². The minimum absolute atomic E-state index is 0.114. The fraction of sp³-hybridized carbons (Fsp3) is 0.118. The second-order valence-electron chi connectivity index (χ2n) is 9.93. The van der Waals surface area contributed by atoms with Crippen molar-refractivity contribution in [3.63, 3.8) is 0 Å². The summed E-state index contributed by atoms with van der Waals surface area (Å²) in [4.78, 5) is 2.36. The molecule has 0 radical (unpaired) electrons. The molecule has 0 heterocycles. The van der Waals surface area contributed by atoms with Gasteiger partial charge in [-0.3, -0.25) is 0 Å². The zero-order valence-electron chi connectivity index (χ0n) is 20.6. The first-order valence-corrected chi connectivity index (χ1v) is 12.2. The van der Waals surface area contributed by atoms with Crippen molar-refractivity contribution in [2.24, 2.45) is 0 Å². The van der Waals surface area contributed by atoms with Crippen molar-refractivity contribution in [3.8, 4) is 22.3 Å². The van der Waals surface area contributed by atoms with Crippen molar-refractivity contribution < 1.29 is 0 Å². The number of rotatable bonds is 5. The quantitative estimate of drug-likeness (QED) is 0.256. The molecule has 1 heteroatoms. The molecule has 0 spiro atoms. The van der Waals surface area contributed by atoms with E-state index in [1.807, 2.05) is 0 Å². The lowest BCUT2D eigenvalue weighted by Crippen LogP contribution is -2.13. The Labute approximate surface area is 209 Å². The first kappa shape index (κ1) is 22.7. The molecule has 0 aliphatic heterocycles. The molecule has 0 amide bonds. The average molecular weight is 454 g/mol. The maximum absolute atomic E-state index is 2.36. The van der Waals surface area contributed by atoms with Gasteiger partial charge >= 0.3 is 0 Å². The van der Waals surface area contributed by atoms with Crippen LogP contribution in [0.15, 0.2) is 133 Å². The number of hydrogen-bond acceptors (Lipinski definition) is 1. The van der Waals surface area contributed by atoms with E-state index in [1.165, 1.54) is 27.8 Å². The highest BCUT2D eigenvalue weighted by Gasteiger charge is 2.19. The van der Waals surface area contributed by atoms with Gasteiger partial charge in [0.05, 0.1) is 5.69 Å². The third kappa shape index (κ3) is 4.90. The summed E-state index contributed by atoms with van der Waals surface area (Å²) in [5.41, 5.74) is 9.75. The van der Waals surface area contributed by atoms with Crippen LogP contribution < -0.4 is 4.90 Å².